The van der Waals surface area contributed by atoms with Gasteiger partial charge in [0.25, 0.3) is 0 Å². The summed E-state index contributed by atoms with van der Waals surface area (Å²) in [5.74, 6) is 0. The van der Waals surface area contributed by atoms with Gasteiger partial charge in [0.15, 0.2) is 0 Å². The van der Waals surface area contributed by atoms with Crippen molar-refractivity contribution in [1.82, 2.24) is 14.8 Å². The number of halogens is 3. The Morgan fingerprint density at radius 3 is 2.48 bits per heavy atom. The highest BCUT2D eigenvalue weighted by Gasteiger charge is 2.44. The van der Waals surface area contributed by atoms with Crippen LogP contribution >= 0.6 is 12.6 Å². The fraction of sp³-hybridized carbons (Fsp3) is 0.643. The van der Waals surface area contributed by atoms with E-state index in [9.17, 15) is 13.2 Å². The standard InChI is InChI=1S/C14H18F3N3S/c1-9(21)19-7-11-4-12(8-19)20(11)6-10-2-3-13(18-5-10)14(15,16)17/h2-3,5,9,11-12,21H,4,6-8H2,1H3. The van der Waals surface area contributed by atoms with E-state index in [4.69, 9.17) is 0 Å². The summed E-state index contributed by atoms with van der Waals surface area (Å²) in [7, 11) is 0. The normalized spacial score (nSPS) is 28.2. The van der Waals surface area contributed by atoms with Crippen LogP contribution in [-0.4, -0.2) is 45.3 Å². The fourth-order valence-corrected chi connectivity index (χ4v) is 3.37. The van der Waals surface area contributed by atoms with Crippen LogP contribution in [0.4, 0.5) is 13.2 Å². The number of piperidine rings is 1. The second-order valence-corrected chi connectivity index (χ2v) is 6.60. The van der Waals surface area contributed by atoms with Crippen LogP contribution in [0.1, 0.15) is 24.6 Å². The Balaban J connectivity index is 1.61. The molecule has 0 aliphatic carbocycles. The maximum atomic E-state index is 12.5. The van der Waals surface area contributed by atoms with Gasteiger partial charge in [0, 0.05) is 37.9 Å². The Labute approximate surface area is 127 Å². The molecule has 3 aliphatic rings. The number of thiol groups is 1. The van der Waals surface area contributed by atoms with Gasteiger partial charge in [-0.15, -0.1) is 0 Å². The molecule has 116 valence electrons. The van der Waals surface area contributed by atoms with Crippen molar-refractivity contribution >= 4 is 12.6 Å². The largest absolute Gasteiger partial charge is 0.433 e. The van der Waals surface area contributed by atoms with Crippen molar-refractivity contribution in [1.29, 1.82) is 0 Å². The molecule has 0 amide bonds. The van der Waals surface area contributed by atoms with Crippen LogP contribution in [0, 0.1) is 0 Å². The molecule has 3 fully saturated rings. The van der Waals surface area contributed by atoms with E-state index in [0.29, 0.717) is 18.6 Å². The van der Waals surface area contributed by atoms with E-state index in [2.05, 4.69) is 34.3 Å². The van der Waals surface area contributed by atoms with Crippen molar-refractivity contribution < 1.29 is 13.2 Å². The van der Waals surface area contributed by atoms with E-state index in [-0.39, 0.29) is 5.37 Å². The topological polar surface area (TPSA) is 19.4 Å². The zero-order valence-electron chi connectivity index (χ0n) is 11.7. The number of fused-ring (bicyclic) bond motifs is 2. The van der Waals surface area contributed by atoms with Crippen LogP contribution in [0.5, 0.6) is 0 Å². The summed E-state index contributed by atoms with van der Waals surface area (Å²) in [5, 5.41) is 0.255. The van der Waals surface area contributed by atoms with Crippen molar-refractivity contribution in [2.75, 3.05) is 13.1 Å². The van der Waals surface area contributed by atoms with Crippen molar-refractivity contribution in [2.24, 2.45) is 0 Å². The number of hydrogen-bond acceptors (Lipinski definition) is 4. The van der Waals surface area contributed by atoms with Gasteiger partial charge in [-0.1, -0.05) is 6.07 Å². The molecular weight excluding hydrogens is 299 g/mol. The Hall–Kier alpha value is -0.790. The third kappa shape index (κ3) is 3.05. The average molecular weight is 317 g/mol. The number of nitrogens with zero attached hydrogens (tertiary/aromatic N) is 3. The van der Waals surface area contributed by atoms with Gasteiger partial charge >= 0.3 is 6.18 Å². The minimum atomic E-state index is -4.37. The van der Waals surface area contributed by atoms with E-state index in [1.54, 1.807) is 0 Å². The Bertz CT molecular complexity index is 491. The predicted octanol–water partition coefficient (Wildman–Crippen LogP) is 2.63. The van der Waals surface area contributed by atoms with Gasteiger partial charge in [0.05, 0.1) is 5.37 Å². The van der Waals surface area contributed by atoms with Gasteiger partial charge in [-0.3, -0.25) is 14.8 Å². The lowest BCUT2D eigenvalue weighted by molar-refractivity contribution is -0.141. The van der Waals surface area contributed by atoms with Crippen molar-refractivity contribution in [3.05, 3.63) is 29.6 Å². The van der Waals surface area contributed by atoms with E-state index in [1.165, 1.54) is 18.7 Å². The number of piperazine rings is 1. The molecular formula is C14H18F3N3S. The molecule has 3 nitrogen and oxygen atoms in total. The van der Waals surface area contributed by atoms with Gasteiger partial charge in [0.2, 0.25) is 0 Å². The molecule has 21 heavy (non-hydrogen) atoms. The minimum absolute atomic E-state index is 0.255. The molecule has 3 unspecified atom stereocenters. The van der Waals surface area contributed by atoms with Crippen molar-refractivity contribution in [3.63, 3.8) is 0 Å². The third-order valence-corrected chi connectivity index (χ3v) is 4.71. The lowest BCUT2D eigenvalue weighted by atomic mass is 9.87. The Kier molecular flexibility index (Phi) is 3.92. The molecule has 0 radical (unpaired) electrons. The molecule has 2 bridgehead atoms. The van der Waals surface area contributed by atoms with E-state index >= 15 is 0 Å². The number of pyridine rings is 1. The number of aromatic nitrogens is 1. The Morgan fingerprint density at radius 1 is 1.33 bits per heavy atom. The first-order valence-corrected chi connectivity index (χ1v) is 7.56. The van der Waals surface area contributed by atoms with Crippen LogP contribution in [-0.2, 0) is 12.7 Å². The molecule has 4 heterocycles. The zero-order chi connectivity index (χ0) is 15.2. The van der Waals surface area contributed by atoms with Gasteiger partial charge in [-0.2, -0.15) is 25.8 Å². The summed E-state index contributed by atoms with van der Waals surface area (Å²) < 4.78 is 37.4. The molecule has 7 heteroatoms. The first-order valence-electron chi connectivity index (χ1n) is 7.04. The monoisotopic (exact) mass is 317 g/mol. The third-order valence-electron chi connectivity index (χ3n) is 4.38. The van der Waals surface area contributed by atoms with Crippen LogP contribution < -0.4 is 0 Å². The highest BCUT2D eigenvalue weighted by Crippen LogP contribution is 2.35. The first-order chi connectivity index (χ1) is 9.84. The van der Waals surface area contributed by atoms with Crippen molar-refractivity contribution in [3.8, 4) is 0 Å². The first kappa shape index (κ1) is 15.1. The summed E-state index contributed by atoms with van der Waals surface area (Å²) in [6.07, 6.45) is -1.85. The van der Waals surface area contributed by atoms with Crippen LogP contribution in [0.2, 0.25) is 0 Å². The van der Waals surface area contributed by atoms with Gasteiger partial charge in [-0.05, 0) is 25.0 Å². The highest BCUT2D eigenvalue weighted by molar-refractivity contribution is 7.80. The van der Waals surface area contributed by atoms with Crippen LogP contribution in [0.25, 0.3) is 0 Å². The second kappa shape index (κ2) is 5.44. The molecule has 0 saturated carbocycles. The lowest BCUT2D eigenvalue weighted by Gasteiger charge is -2.57. The Morgan fingerprint density at radius 2 is 2.00 bits per heavy atom. The quantitative estimate of drug-likeness (QED) is 0.865. The summed E-state index contributed by atoms with van der Waals surface area (Å²) in [6.45, 7) is 4.71. The molecule has 0 N–H and O–H groups in total. The smallest absolute Gasteiger partial charge is 0.290 e. The van der Waals surface area contributed by atoms with E-state index in [1.807, 2.05) is 0 Å². The molecule has 0 spiro atoms. The molecule has 3 atom stereocenters. The SMILES string of the molecule is CC(S)N1CC2CC(C1)N2Cc1ccc(C(F)(F)F)nc1. The van der Waals surface area contributed by atoms with Gasteiger partial charge in [0.1, 0.15) is 5.69 Å². The predicted molar refractivity (Wildman–Crippen MR) is 77.0 cm³/mol. The van der Waals surface area contributed by atoms with Crippen LogP contribution in [0.3, 0.4) is 0 Å². The fourth-order valence-electron chi connectivity index (χ4n) is 3.18. The molecule has 1 aromatic rings. The maximum absolute atomic E-state index is 12.5. The summed E-state index contributed by atoms with van der Waals surface area (Å²) in [6, 6.07) is 3.57. The van der Waals surface area contributed by atoms with Crippen LogP contribution in [0.15, 0.2) is 18.3 Å². The molecule has 4 rings (SSSR count). The number of rotatable bonds is 3. The van der Waals surface area contributed by atoms with Gasteiger partial charge in [-0.25, -0.2) is 0 Å². The maximum Gasteiger partial charge on any atom is 0.433 e. The second-order valence-electron chi connectivity index (χ2n) is 5.85. The number of hydrogen-bond donors (Lipinski definition) is 1. The molecule has 1 aromatic heterocycles. The summed E-state index contributed by atoms with van der Waals surface area (Å²) in [5.41, 5.74) is 0.00944. The van der Waals surface area contributed by atoms with Crippen molar-refractivity contribution in [2.45, 2.75) is 43.5 Å². The van der Waals surface area contributed by atoms with E-state index < -0.39 is 11.9 Å². The lowest BCUT2D eigenvalue weighted by Crippen LogP contribution is -2.68. The molecule has 0 aromatic carbocycles. The molecule has 3 aliphatic heterocycles. The molecule has 3 saturated heterocycles. The van der Waals surface area contributed by atoms with E-state index in [0.717, 1.165) is 24.7 Å². The zero-order valence-corrected chi connectivity index (χ0v) is 12.6. The number of alkyl halides is 3. The average Bonchev–Trinajstić information content (AvgIpc) is 2.44. The minimum Gasteiger partial charge on any atom is -0.290 e. The highest BCUT2D eigenvalue weighted by atomic mass is 32.1. The summed E-state index contributed by atoms with van der Waals surface area (Å²) in [4.78, 5) is 8.22. The summed E-state index contributed by atoms with van der Waals surface area (Å²) >= 11 is 4.46. The van der Waals surface area contributed by atoms with Gasteiger partial charge < -0.3 is 0 Å².